The summed E-state index contributed by atoms with van der Waals surface area (Å²) >= 11 is 2.09. The summed E-state index contributed by atoms with van der Waals surface area (Å²) in [7, 11) is 0. The summed E-state index contributed by atoms with van der Waals surface area (Å²) in [4.78, 5) is 0. The van der Waals surface area contributed by atoms with Crippen LogP contribution >= 0.6 is 11.8 Å². The van der Waals surface area contributed by atoms with Gasteiger partial charge in [-0.1, -0.05) is 39.0 Å². The van der Waals surface area contributed by atoms with Crippen molar-refractivity contribution in [1.29, 1.82) is 0 Å². The zero-order chi connectivity index (χ0) is 12.0. The maximum atomic E-state index is 2.38. The normalized spacial score (nSPS) is 25.3. The van der Waals surface area contributed by atoms with Crippen molar-refractivity contribution in [3.05, 3.63) is 34.9 Å². The molecule has 0 aromatic heterocycles. The summed E-state index contributed by atoms with van der Waals surface area (Å²) in [5, 5.41) is 0. The maximum Gasteiger partial charge on any atom is 0.0390 e. The SMILES string of the molecule is Cc1cc(C(C)(C)C)ccc1C1(C)CCS1. The Morgan fingerprint density at radius 2 is 1.88 bits per heavy atom. The highest BCUT2D eigenvalue weighted by atomic mass is 32.2. The third-order valence-electron chi connectivity index (χ3n) is 3.66. The second-order valence-corrected chi connectivity index (χ2v) is 7.71. The van der Waals surface area contributed by atoms with Gasteiger partial charge in [0.1, 0.15) is 0 Å². The lowest BCUT2D eigenvalue weighted by molar-refractivity contribution is 0.584. The molecule has 1 aromatic carbocycles. The average Bonchev–Trinajstić information content (AvgIpc) is 2.12. The second kappa shape index (κ2) is 3.80. The molecule has 0 N–H and O–H groups in total. The molecule has 0 amide bonds. The van der Waals surface area contributed by atoms with Gasteiger partial charge in [0, 0.05) is 4.75 Å². The molecule has 1 aliphatic rings. The van der Waals surface area contributed by atoms with Crippen LogP contribution in [0.3, 0.4) is 0 Å². The summed E-state index contributed by atoms with van der Waals surface area (Å²) in [6, 6.07) is 7.04. The van der Waals surface area contributed by atoms with Crippen LogP contribution in [0.15, 0.2) is 18.2 Å². The minimum Gasteiger partial charge on any atom is -0.151 e. The van der Waals surface area contributed by atoms with Crippen molar-refractivity contribution < 1.29 is 0 Å². The third-order valence-corrected chi connectivity index (χ3v) is 5.13. The van der Waals surface area contributed by atoms with E-state index in [1.165, 1.54) is 28.9 Å². The van der Waals surface area contributed by atoms with Gasteiger partial charge in [-0.2, -0.15) is 11.8 Å². The standard InChI is InChI=1S/C15H22S/c1-11-10-12(14(2,3)4)6-7-13(11)15(5)8-9-16-15/h6-7,10H,8-9H2,1-5H3. The van der Waals surface area contributed by atoms with Crippen molar-refractivity contribution in [1.82, 2.24) is 0 Å². The number of hydrogen-bond donors (Lipinski definition) is 0. The Labute approximate surface area is 104 Å². The van der Waals surface area contributed by atoms with Gasteiger partial charge in [-0.05, 0) is 48.1 Å². The van der Waals surface area contributed by atoms with Gasteiger partial charge >= 0.3 is 0 Å². The zero-order valence-electron chi connectivity index (χ0n) is 11.1. The summed E-state index contributed by atoms with van der Waals surface area (Å²) in [6.07, 6.45) is 1.33. The van der Waals surface area contributed by atoms with E-state index in [4.69, 9.17) is 0 Å². The molecule has 1 saturated heterocycles. The molecular formula is C15H22S. The van der Waals surface area contributed by atoms with Gasteiger partial charge in [0.25, 0.3) is 0 Å². The predicted molar refractivity (Wildman–Crippen MR) is 74.3 cm³/mol. The van der Waals surface area contributed by atoms with Crippen LogP contribution in [0.5, 0.6) is 0 Å². The molecule has 0 aliphatic carbocycles. The second-order valence-electron chi connectivity index (χ2n) is 6.11. The van der Waals surface area contributed by atoms with Crippen molar-refractivity contribution in [2.75, 3.05) is 5.75 Å². The summed E-state index contributed by atoms with van der Waals surface area (Å²) in [6.45, 7) is 11.5. The highest BCUT2D eigenvalue weighted by Crippen LogP contribution is 2.50. The number of benzene rings is 1. The van der Waals surface area contributed by atoms with Crippen molar-refractivity contribution in [2.24, 2.45) is 0 Å². The Balaban J connectivity index is 2.37. The van der Waals surface area contributed by atoms with E-state index in [-0.39, 0.29) is 5.41 Å². The lowest BCUT2D eigenvalue weighted by Crippen LogP contribution is -2.29. The van der Waals surface area contributed by atoms with Crippen molar-refractivity contribution in [2.45, 2.75) is 51.2 Å². The fourth-order valence-corrected chi connectivity index (χ4v) is 3.55. The first-order valence-electron chi connectivity index (χ1n) is 6.08. The van der Waals surface area contributed by atoms with Gasteiger partial charge < -0.3 is 0 Å². The van der Waals surface area contributed by atoms with Crippen LogP contribution in [0.4, 0.5) is 0 Å². The van der Waals surface area contributed by atoms with E-state index in [1.54, 1.807) is 0 Å². The molecule has 2 rings (SSSR count). The first kappa shape index (κ1) is 12.0. The molecular weight excluding hydrogens is 212 g/mol. The highest BCUT2D eigenvalue weighted by Gasteiger charge is 2.35. The van der Waals surface area contributed by atoms with Crippen LogP contribution in [0.25, 0.3) is 0 Å². The zero-order valence-corrected chi connectivity index (χ0v) is 11.9. The molecule has 0 nitrogen and oxygen atoms in total. The van der Waals surface area contributed by atoms with Crippen LogP contribution < -0.4 is 0 Å². The van der Waals surface area contributed by atoms with Crippen molar-refractivity contribution in [3.8, 4) is 0 Å². The van der Waals surface area contributed by atoms with Gasteiger partial charge in [0.15, 0.2) is 0 Å². The van der Waals surface area contributed by atoms with Gasteiger partial charge in [0.05, 0.1) is 0 Å². The summed E-state index contributed by atoms with van der Waals surface area (Å²) in [5.41, 5.74) is 4.71. The first-order chi connectivity index (χ1) is 7.33. The molecule has 1 fully saturated rings. The fourth-order valence-electron chi connectivity index (χ4n) is 2.34. The summed E-state index contributed by atoms with van der Waals surface area (Å²) < 4.78 is 0.389. The van der Waals surface area contributed by atoms with Crippen LogP contribution in [-0.2, 0) is 10.2 Å². The minimum atomic E-state index is 0.261. The molecule has 0 bridgehead atoms. The molecule has 88 valence electrons. The van der Waals surface area contributed by atoms with Gasteiger partial charge in [-0.3, -0.25) is 0 Å². The van der Waals surface area contributed by atoms with E-state index in [2.05, 4.69) is 64.6 Å². The molecule has 1 heterocycles. The Bertz CT molecular complexity index is 394. The third kappa shape index (κ3) is 2.02. The number of rotatable bonds is 1. The fraction of sp³-hybridized carbons (Fsp3) is 0.600. The molecule has 1 aromatic rings. The largest absolute Gasteiger partial charge is 0.151 e. The van der Waals surface area contributed by atoms with Crippen LogP contribution in [0.1, 0.15) is 50.8 Å². The van der Waals surface area contributed by atoms with E-state index < -0.39 is 0 Å². The topological polar surface area (TPSA) is 0 Å². The predicted octanol–water partition coefficient (Wildman–Crippen LogP) is 4.64. The summed E-state index contributed by atoms with van der Waals surface area (Å²) in [5.74, 6) is 1.32. The van der Waals surface area contributed by atoms with Gasteiger partial charge in [0.2, 0.25) is 0 Å². The number of thioether (sulfide) groups is 1. The maximum absolute atomic E-state index is 2.38. The Morgan fingerprint density at radius 1 is 1.25 bits per heavy atom. The van der Waals surface area contributed by atoms with Gasteiger partial charge in [-0.15, -0.1) is 0 Å². The molecule has 1 heteroatoms. The van der Waals surface area contributed by atoms with E-state index in [0.717, 1.165) is 0 Å². The number of hydrogen-bond acceptors (Lipinski definition) is 1. The van der Waals surface area contributed by atoms with E-state index in [9.17, 15) is 0 Å². The lowest BCUT2D eigenvalue weighted by Gasteiger charge is -2.39. The van der Waals surface area contributed by atoms with E-state index >= 15 is 0 Å². The Kier molecular flexibility index (Phi) is 2.86. The van der Waals surface area contributed by atoms with E-state index in [0.29, 0.717) is 4.75 Å². The quantitative estimate of drug-likeness (QED) is 0.682. The number of aryl methyl sites for hydroxylation is 1. The molecule has 1 unspecified atom stereocenters. The highest BCUT2D eigenvalue weighted by molar-refractivity contribution is 8.01. The Morgan fingerprint density at radius 3 is 2.25 bits per heavy atom. The smallest absolute Gasteiger partial charge is 0.0390 e. The monoisotopic (exact) mass is 234 g/mol. The average molecular weight is 234 g/mol. The first-order valence-corrected chi connectivity index (χ1v) is 7.07. The lowest BCUT2D eigenvalue weighted by atomic mass is 9.83. The molecule has 0 spiro atoms. The Hall–Kier alpha value is -0.430. The molecule has 0 saturated carbocycles. The van der Waals surface area contributed by atoms with Crippen molar-refractivity contribution in [3.63, 3.8) is 0 Å². The van der Waals surface area contributed by atoms with E-state index in [1.807, 2.05) is 0 Å². The van der Waals surface area contributed by atoms with Gasteiger partial charge in [-0.25, -0.2) is 0 Å². The minimum absolute atomic E-state index is 0.261. The van der Waals surface area contributed by atoms with Crippen LogP contribution in [-0.4, -0.2) is 5.75 Å². The van der Waals surface area contributed by atoms with Crippen LogP contribution in [0, 0.1) is 6.92 Å². The van der Waals surface area contributed by atoms with Crippen LogP contribution in [0.2, 0.25) is 0 Å². The molecule has 1 aliphatic heterocycles. The molecule has 16 heavy (non-hydrogen) atoms. The molecule has 1 atom stereocenters. The van der Waals surface area contributed by atoms with Crippen molar-refractivity contribution >= 4 is 11.8 Å². The molecule has 0 radical (unpaired) electrons.